The Hall–Kier alpha value is -3.49. The molecule has 2 bridgehead atoms. The van der Waals surface area contributed by atoms with E-state index in [2.05, 4.69) is 5.32 Å². The number of fused-ring (bicyclic) bond motifs is 5. The van der Waals surface area contributed by atoms with Gasteiger partial charge in [0, 0.05) is 50.4 Å². The molecule has 3 aliphatic rings. The van der Waals surface area contributed by atoms with Crippen LogP contribution < -0.4 is 20.3 Å². The van der Waals surface area contributed by atoms with Gasteiger partial charge in [-0.2, -0.15) is 0 Å². The van der Waals surface area contributed by atoms with Gasteiger partial charge in [0.15, 0.2) is 11.5 Å². The zero-order valence-corrected chi connectivity index (χ0v) is 22.0. The van der Waals surface area contributed by atoms with E-state index in [0.29, 0.717) is 50.6 Å². The Labute approximate surface area is 217 Å². The molecule has 1 aromatic heterocycles. The van der Waals surface area contributed by atoms with Crippen molar-refractivity contribution in [2.45, 2.75) is 51.7 Å². The fourth-order valence-electron chi connectivity index (χ4n) is 6.07. The Kier molecular flexibility index (Phi) is 6.88. The minimum absolute atomic E-state index is 0.0229. The summed E-state index contributed by atoms with van der Waals surface area (Å²) in [5.74, 6) is 1.56. The second kappa shape index (κ2) is 10.1. The van der Waals surface area contributed by atoms with Gasteiger partial charge in [-0.3, -0.25) is 9.59 Å². The van der Waals surface area contributed by atoms with E-state index in [1.807, 2.05) is 46.4 Å². The minimum Gasteiger partial charge on any atom is -0.493 e. The number of piperidine rings is 1. The van der Waals surface area contributed by atoms with Crippen LogP contribution in [-0.2, 0) is 24.3 Å². The van der Waals surface area contributed by atoms with Crippen molar-refractivity contribution in [3.05, 3.63) is 57.5 Å². The van der Waals surface area contributed by atoms with Crippen LogP contribution in [0.15, 0.2) is 35.1 Å². The molecule has 37 heavy (non-hydrogen) atoms. The average molecular weight is 509 g/mol. The summed E-state index contributed by atoms with van der Waals surface area (Å²) in [7, 11) is 3.22. The monoisotopic (exact) mass is 508 g/mol. The van der Waals surface area contributed by atoms with E-state index in [1.54, 1.807) is 26.4 Å². The normalized spacial score (nSPS) is 21.1. The molecule has 1 saturated heterocycles. The molecule has 0 radical (unpaired) electrons. The average Bonchev–Trinajstić information content (AvgIpc) is 2.90. The highest BCUT2D eigenvalue weighted by atomic mass is 16.5. The highest BCUT2D eigenvalue weighted by molar-refractivity contribution is 5.87. The number of likely N-dealkylation sites (tertiary alicyclic amines) is 1. The molecule has 4 heterocycles. The van der Waals surface area contributed by atoms with Crippen LogP contribution >= 0.6 is 0 Å². The molecule has 5 rings (SSSR count). The first kappa shape index (κ1) is 25.2. The number of ether oxygens (including phenoxy) is 2. The van der Waals surface area contributed by atoms with E-state index in [1.165, 1.54) is 0 Å². The van der Waals surface area contributed by atoms with E-state index in [9.17, 15) is 14.4 Å². The van der Waals surface area contributed by atoms with Crippen molar-refractivity contribution in [3.8, 4) is 11.5 Å². The van der Waals surface area contributed by atoms with Gasteiger partial charge >= 0.3 is 6.03 Å². The van der Waals surface area contributed by atoms with Crippen molar-refractivity contribution >= 4 is 11.9 Å². The molecule has 1 N–H and O–H groups in total. The first-order valence-corrected chi connectivity index (χ1v) is 13.1. The van der Waals surface area contributed by atoms with Gasteiger partial charge in [-0.05, 0) is 54.0 Å². The molecule has 3 amide bonds. The summed E-state index contributed by atoms with van der Waals surface area (Å²) in [5.41, 5.74) is 3.20. The maximum Gasteiger partial charge on any atom is 0.318 e. The number of methoxy groups -OCH3 is 2. The first-order chi connectivity index (χ1) is 17.8. The standard InChI is InChI=1S/C28H36N4O5/c1-17(2)26(27(34)30-9-8-19-11-23(36-3)24(37-4)12-20(19)15-30)29-28(35)31-13-18-10-21(16-31)22-6-5-7-25(33)32(22)14-18/h5-7,11-12,17-18,21,26H,8-10,13-16H2,1-4H3,(H,29,35)/t18-,21+,26+/m1/s1. The van der Waals surface area contributed by atoms with Gasteiger partial charge in [-0.15, -0.1) is 0 Å². The number of hydrogen-bond donors (Lipinski definition) is 1. The molecule has 0 saturated carbocycles. The van der Waals surface area contributed by atoms with E-state index < -0.39 is 6.04 Å². The molecule has 3 aliphatic heterocycles. The Morgan fingerprint density at radius 2 is 1.73 bits per heavy atom. The summed E-state index contributed by atoms with van der Waals surface area (Å²) in [5, 5.41) is 3.06. The third-order valence-electron chi connectivity index (χ3n) is 8.01. The van der Waals surface area contributed by atoms with Crippen molar-refractivity contribution in [2.75, 3.05) is 33.9 Å². The molecular formula is C28H36N4O5. The lowest BCUT2D eigenvalue weighted by Crippen LogP contribution is -2.57. The van der Waals surface area contributed by atoms with Gasteiger partial charge in [0.1, 0.15) is 6.04 Å². The molecular weight excluding hydrogens is 472 g/mol. The Balaban J connectivity index is 1.28. The number of aromatic nitrogens is 1. The summed E-state index contributed by atoms with van der Waals surface area (Å²) in [4.78, 5) is 43.0. The van der Waals surface area contributed by atoms with Gasteiger partial charge in [-0.1, -0.05) is 19.9 Å². The summed E-state index contributed by atoms with van der Waals surface area (Å²) in [6.45, 7) is 6.73. The smallest absolute Gasteiger partial charge is 0.318 e. The topological polar surface area (TPSA) is 93.1 Å². The molecule has 0 unspecified atom stereocenters. The maximum atomic E-state index is 13.6. The van der Waals surface area contributed by atoms with Crippen LogP contribution in [0.25, 0.3) is 0 Å². The van der Waals surface area contributed by atoms with Gasteiger partial charge in [0.25, 0.3) is 5.56 Å². The van der Waals surface area contributed by atoms with Crippen LogP contribution in [0.5, 0.6) is 11.5 Å². The Morgan fingerprint density at radius 3 is 2.43 bits per heavy atom. The number of rotatable bonds is 5. The summed E-state index contributed by atoms with van der Waals surface area (Å²) < 4.78 is 12.7. The molecule has 0 spiro atoms. The molecule has 0 aliphatic carbocycles. The number of nitrogens with zero attached hydrogens (tertiary/aromatic N) is 3. The highest BCUT2D eigenvalue weighted by Crippen LogP contribution is 2.35. The number of carbonyl (C=O) groups excluding carboxylic acids is 2. The maximum absolute atomic E-state index is 13.6. The number of benzene rings is 1. The summed E-state index contributed by atoms with van der Waals surface area (Å²) in [6.07, 6.45) is 1.69. The van der Waals surface area contributed by atoms with Crippen molar-refractivity contribution in [1.82, 2.24) is 19.7 Å². The Morgan fingerprint density at radius 1 is 1.00 bits per heavy atom. The van der Waals surface area contributed by atoms with Crippen LogP contribution in [0.4, 0.5) is 4.79 Å². The number of nitrogens with one attached hydrogen (secondary N) is 1. The van der Waals surface area contributed by atoms with Gasteiger partial charge in [0.05, 0.1) is 14.2 Å². The van der Waals surface area contributed by atoms with E-state index >= 15 is 0 Å². The second-order valence-corrected chi connectivity index (χ2v) is 10.8. The van der Waals surface area contributed by atoms with Crippen LogP contribution in [-0.4, -0.2) is 66.2 Å². The number of pyridine rings is 1. The molecule has 3 atom stereocenters. The van der Waals surface area contributed by atoms with E-state index in [4.69, 9.17) is 9.47 Å². The summed E-state index contributed by atoms with van der Waals surface area (Å²) in [6, 6.07) is 8.47. The third kappa shape index (κ3) is 4.79. The van der Waals surface area contributed by atoms with Gasteiger partial charge in [-0.25, -0.2) is 4.79 Å². The van der Waals surface area contributed by atoms with Crippen molar-refractivity contribution in [1.29, 1.82) is 0 Å². The molecule has 2 aromatic rings. The van der Waals surface area contributed by atoms with Crippen LogP contribution in [0, 0.1) is 11.8 Å². The Bertz CT molecular complexity index is 1260. The zero-order valence-electron chi connectivity index (χ0n) is 22.0. The number of urea groups is 1. The van der Waals surface area contributed by atoms with E-state index in [-0.39, 0.29) is 35.3 Å². The largest absolute Gasteiger partial charge is 0.493 e. The summed E-state index contributed by atoms with van der Waals surface area (Å²) >= 11 is 0. The molecule has 1 aromatic carbocycles. The number of amides is 3. The lowest BCUT2D eigenvalue weighted by molar-refractivity contribution is -0.135. The van der Waals surface area contributed by atoms with Crippen LogP contribution in [0.1, 0.15) is 43.0 Å². The third-order valence-corrected chi connectivity index (χ3v) is 8.01. The van der Waals surface area contributed by atoms with Gasteiger partial charge < -0.3 is 29.2 Å². The molecule has 1 fully saturated rings. The number of carbonyl (C=O) groups is 2. The molecule has 9 nitrogen and oxygen atoms in total. The lowest BCUT2D eigenvalue weighted by atomic mass is 9.83. The fourth-order valence-corrected chi connectivity index (χ4v) is 6.07. The van der Waals surface area contributed by atoms with Crippen LogP contribution in [0.2, 0.25) is 0 Å². The quantitative estimate of drug-likeness (QED) is 0.670. The van der Waals surface area contributed by atoms with Gasteiger partial charge in [0.2, 0.25) is 5.91 Å². The molecule has 198 valence electrons. The predicted octanol–water partition coefficient (Wildman–Crippen LogP) is 2.60. The zero-order chi connectivity index (χ0) is 26.3. The first-order valence-electron chi connectivity index (χ1n) is 13.1. The van der Waals surface area contributed by atoms with E-state index in [0.717, 1.165) is 23.2 Å². The second-order valence-electron chi connectivity index (χ2n) is 10.8. The predicted molar refractivity (Wildman–Crippen MR) is 139 cm³/mol. The molecule has 9 heteroatoms. The van der Waals surface area contributed by atoms with Crippen LogP contribution in [0.3, 0.4) is 0 Å². The van der Waals surface area contributed by atoms with Crippen molar-refractivity contribution in [3.63, 3.8) is 0 Å². The highest BCUT2D eigenvalue weighted by Gasteiger charge is 2.38. The van der Waals surface area contributed by atoms with Crippen molar-refractivity contribution < 1.29 is 19.1 Å². The SMILES string of the molecule is COc1cc2c(cc1OC)CN(C(=O)[C@@H](NC(=O)N1C[C@H]3C[C@@H](C1)c1cccc(=O)n1C3)C(C)C)CC2. The fraction of sp³-hybridized carbons (Fsp3) is 0.536. The lowest BCUT2D eigenvalue weighted by Gasteiger charge is -2.43. The van der Waals surface area contributed by atoms with Crippen molar-refractivity contribution in [2.24, 2.45) is 11.8 Å². The number of hydrogen-bond acceptors (Lipinski definition) is 5. The minimum atomic E-state index is -0.620.